The summed E-state index contributed by atoms with van der Waals surface area (Å²) >= 11 is 0. The van der Waals surface area contributed by atoms with Gasteiger partial charge in [-0.1, -0.05) is 19.1 Å². The quantitative estimate of drug-likeness (QED) is 0.494. The van der Waals surface area contributed by atoms with E-state index in [1.54, 1.807) is 6.07 Å². The lowest BCUT2D eigenvalue weighted by atomic mass is 9.85. The average Bonchev–Trinajstić information content (AvgIpc) is 2.46. The SMILES string of the molecule is CCNc1ccc([N+](=O)[O-])c(OCC2CC=CCC2C)n1. The smallest absolute Gasteiger partial charge is 0.331 e. The molecular formula is C15H21N3O3. The number of ether oxygens (including phenoxy) is 1. The van der Waals surface area contributed by atoms with Crippen LogP contribution in [0.15, 0.2) is 24.3 Å². The summed E-state index contributed by atoms with van der Waals surface area (Å²) in [6.07, 6.45) is 6.29. The fourth-order valence-corrected chi connectivity index (χ4v) is 2.38. The van der Waals surface area contributed by atoms with E-state index in [9.17, 15) is 10.1 Å². The highest BCUT2D eigenvalue weighted by molar-refractivity contribution is 5.49. The van der Waals surface area contributed by atoms with E-state index < -0.39 is 4.92 Å². The van der Waals surface area contributed by atoms with E-state index in [1.165, 1.54) is 6.07 Å². The van der Waals surface area contributed by atoms with Crippen LogP contribution in [0.25, 0.3) is 0 Å². The van der Waals surface area contributed by atoms with Crippen molar-refractivity contribution in [3.8, 4) is 5.88 Å². The number of allylic oxidation sites excluding steroid dienone is 2. The highest BCUT2D eigenvalue weighted by Gasteiger charge is 2.22. The molecule has 0 amide bonds. The summed E-state index contributed by atoms with van der Waals surface area (Å²) in [6, 6.07) is 3.03. The maximum absolute atomic E-state index is 11.1. The molecule has 1 heterocycles. The second kappa shape index (κ2) is 7.06. The first kappa shape index (κ1) is 15.3. The molecule has 1 aromatic heterocycles. The maximum Gasteiger partial charge on any atom is 0.331 e. The van der Waals surface area contributed by atoms with Gasteiger partial charge in [-0.2, -0.15) is 4.98 Å². The van der Waals surface area contributed by atoms with Crippen molar-refractivity contribution in [2.75, 3.05) is 18.5 Å². The van der Waals surface area contributed by atoms with E-state index in [4.69, 9.17) is 4.74 Å². The molecule has 0 fully saturated rings. The van der Waals surface area contributed by atoms with E-state index in [0.29, 0.717) is 30.8 Å². The molecule has 6 nitrogen and oxygen atoms in total. The molecule has 0 spiro atoms. The Morgan fingerprint density at radius 3 is 2.86 bits per heavy atom. The van der Waals surface area contributed by atoms with Crippen molar-refractivity contribution < 1.29 is 9.66 Å². The molecule has 0 bridgehead atoms. The summed E-state index contributed by atoms with van der Waals surface area (Å²) in [5, 5.41) is 14.1. The van der Waals surface area contributed by atoms with Gasteiger partial charge in [0.05, 0.1) is 11.5 Å². The second-order valence-electron chi connectivity index (χ2n) is 5.30. The maximum atomic E-state index is 11.1. The number of anilines is 1. The van der Waals surface area contributed by atoms with Crippen LogP contribution in [0.2, 0.25) is 0 Å². The van der Waals surface area contributed by atoms with Gasteiger partial charge in [0.2, 0.25) is 0 Å². The molecule has 6 heteroatoms. The number of aromatic nitrogens is 1. The van der Waals surface area contributed by atoms with Gasteiger partial charge in [0.25, 0.3) is 5.88 Å². The Kier molecular flexibility index (Phi) is 5.14. The predicted octanol–water partition coefficient (Wildman–Crippen LogP) is 3.40. The van der Waals surface area contributed by atoms with Crippen LogP contribution < -0.4 is 10.1 Å². The molecular weight excluding hydrogens is 270 g/mol. The van der Waals surface area contributed by atoms with Crippen molar-refractivity contribution in [2.45, 2.75) is 26.7 Å². The van der Waals surface area contributed by atoms with Crippen molar-refractivity contribution in [1.82, 2.24) is 4.98 Å². The summed E-state index contributed by atoms with van der Waals surface area (Å²) < 4.78 is 5.67. The van der Waals surface area contributed by atoms with E-state index in [0.717, 1.165) is 12.8 Å². The number of nitrogens with zero attached hydrogens (tertiary/aromatic N) is 2. The molecule has 21 heavy (non-hydrogen) atoms. The van der Waals surface area contributed by atoms with Crippen LogP contribution >= 0.6 is 0 Å². The third-order valence-corrected chi connectivity index (χ3v) is 3.75. The molecule has 0 aromatic carbocycles. The number of pyridine rings is 1. The minimum atomic E-state index is -0.456. The molecule has 2 unspecified atom stereocenters. The fraction of sp³-hybridized carbons (Fsp3) is 0.533. The van der Waals surface area contributed by atoms with Gasteiger partial charge in [-0.15, -0.1) is 0 Å². The molecule has 1 aliphatic carbocycles. The summed E-state index contributed by atoms with van der Waals surface area (Å²) in [6.45, 7) is 5.28. The average molecular weight is 291 g/mol. The predicted molar refractivity (Wildman–Crippen MR) is 81.6 cm³/mol. The Bertz CT molecular complexity index is 531. The summed E-state index contributed by atoms with van der Waals surface area (Å²) in [7, 11) is 0. The van der Waals surface area contributed by atoms with Crippen LogP contribution in [0.3, 0.4) is 0 Å². The van der Waals surface area contributed by atoms with Gasteiger partial charge in [-0.25, -0.2) is 0 Å². The van der Waals surface area contributed by atoms with Crippen LogP contribution in [-0.4, -0.2) is 23.1 Å². The molecule has 114 valence electrons. The molecule has 1 aromatic rings. The Hall–Kier alpha value is -2.11. The van der Waals surface area contributed by atoms with Crippen molar-refractivity contribution in [3.05, 3.63) is 34.4 Å². The lowest BCUT2D eigenvalue weighted by Crippen LogP contribution is -2.21. The molecule has 0 aliphatic heterocycles. The summed E-state index contributed by atoms with van der Waals surface area (Å²) in [5.74, 6) is 1.58. The van der Waals surface area contributed by atoms with Crippen LogP contribution in [0.1, 0.15) is 26.7 Å². The van der Waals surface area contributed by atoms with E-state index in [1.807, 2.05) is 6.92 Å². The van der Waals surface area contributed by atoms with E-state index in [-0.39, 0.29) is 11.6 Å². The molecule has 0 radical (unpaired) electrons. The third-order valence-electron chi connectivity index (χ3n) is 3.75. The molecule has 1 aliphatic rings. The highest BCUT2D eigenvalue weighted by atomic mass is 16.6. The van der Waals surface area contributed by atoms with Gasteiger partial charge in [-0.05, 0) is 37.7 Å². The Balaban J connectivity index is 2.11. The monoisotopic (exact) mass is 291 g/mol. The standard InChI is InChI=1S/C15H21N3O3/c1-3-16-14-9-8-13(18(19)20)15(17-14)21-10-12-7-5-4-6-11(12)2/h4-5,8-9,11-12H,3,6-7,10H2,1-2H3,(H,16,17). The van der Waals surface area contributed by atoms with Crippen LogP contribution in [-0.2, 0) is 0 Å². The number of rotatable bonds is 6. The zero-order chi connectivity index (χ0) is 15.2. The van der Waals surface area contributed by atoms with Crippen molar-refractivity contribution in [1.29, 1.82) is 0 Å². The van der Waals surface area contributed by atoms with Gasteiger partial charge >= 0.3 is 5.69 Å². The van der Waals surface area contributed by atoms with Crippen LogP contribution in [0, 0.1) is 22.0 Å². The third kappa shape index (κ3) is 3.93. The number of hydrogen-bond acceptors (Lipinski definition) is 5. The topological polar surface area (TPSA) is 77.3 Å². The van der Waals surface area contributed by atoms with Crippen molar-refractivity contribution in [2.24, 2.45) is 11.8 Å². The largest absolute Gasteiger partial charge is 0.472 e. The first-order valence-corrected chi connectivity index (χ1v) is 7.29. The molecule has 2 rings (SSSR count). The first-order chi connectivity index (χ1) is 10.1. The van der Waals surface area contributed by atoms with E-state index >= 15 is 0 Å². The van der Waals surface area contributed by atoms with Crippen molar-refractivity contribution in [3.63, 3.8) is 0 Å². The lowest BCUT2D eigenvalue weighted by Gasteiger charge is -2.24. The van der Waals surface area contributed by atoms with Gasteiger partial charge in [0, 0.05) is 12.6 Å². The molecule has 0 saturated heterocycles. The zero-order valence-electron chi connectivity index (χ0n) is 12.4. The van der Waals surface area contributed by atoms with Gasteiger partial charge in [0.15, 0.2) is 0 Å². The van der Waals surface area contributed by atoms with E-state index in [2.05, 4.69) is 29.4 Å². The Morgan fingerprint density at radius 2 is 2.19 bits per heavy atom. The molecule has 0 saturated carbocycles. The second-order valence-corrected chi connectivity index (χ2v) is 5.30. The first-order valence-electron chi connectivity index (χ1n) is 7.29. The number of nitrogens with one attached hydrogen (secondary N) is 1. The highest BCUT2D eigenvalue weighted by Crippen LogP contribution is 2.29. The zero-order valence-corrected chi connectivity index (χ0v) is 12.4. The molecule has 2 atom stereocenters. The Morgan fingerprint density at radius 1 is 1.43 bits per heavy atom. The normalized spacial score (nSPS) is 21.0. The summed E-state index contributed by atoms with van der Waals surface area (Å²) in [4.78, 5) is 14.8. The Labute approximate surface area is 124 Å². The fourth-order valence-electron chi connectivity index (χ4n) is 2.38. The van der Waals surface area contributed by atoms with Crippen molar-refractivity contribution >= 4 is 11.5 Å². The minimum absolute atomic E-state index is 0.0874. The molecule has 1 N–H and O–H groups in total. The number of nitro groups is 1. The van der Waals surface area contributed by atoms with Gasteiger partial charge < -0.3 is 10.1 Å². The van der Waals surface area contributed by atoms with Gasteiger partial charge in [0.1, 0.15) is 5.82 Å². The van der Waals surface area contributed by atoms with Crippen LogP contribution in [0.4, 0.5) is 11.5 Å². The van der Waals surface area contributed by atoms with Crippen LogP contribution in [0.5, 0.6) is 5.88 Å². The minimum Gasteiger partial charge on any atom is -0.472 e. The number of hydrogen-bond donors (Lipinski definition) is 1. The summed E-state index contributed by atoms with van der Waals surface area (Å²) in [5.41, 5.74) is -0.0874. The van der Waals surface area contributed by atoms with Gasteiger partial charge in [-0.3, -0.25) is 10.1 Å². The lowest BCUT2D eigenvalue weighted by molar-refractivity contribution is -0.386.